The van der Waals surface area contributed by atoms with Crippen molar-refractivity contribution in [2.75, 3.05) is 11.1 Å². The standard InChI is InChI=1S/C14H11BrF2N2O/c1-7-11(17)5-8(6-12(7)18)14(20)19-13-9(15)3-2-4-10(13)16/h2-6H,18H2,1H3,(H,19,20). The van der Waals surface area contributed by atoms with Crippen molar-refractivity contribution in [1.29, 1.82) is 0 Å². The van der Waals surface area contributed by atoms with Gasteiger partial charge in [0.25, 0.3) is 5.91 Å². The number of halogens is 3. The topological polar surface area (TPSA) is 55.1 Å². The highest BCUT2D eigenvalue weighted by atomic mass is 79.9. The summed E-state index contributed by atoms with van der Waals surface area (Å²) in [6, 6.07) is 6.71. The van der Waals surface area contributed by atoms with E-state index in [-0.39, 0.29) is 22.5 Å². The number of rotatable bonds is 2. The third kappa shape index (κ3) is 2.80. The lowest BCUT2D eigenvalue weighted by Gasteiger charge is -2.10. The number of nitrogens with two attached hydrogens (primary N) is 1. The maximum Gasteiger partial charge on any atom is 0.255 e. The van der Waals surface area contributed by atoms with Gasteiger partial charge in [-0.1, -0.05) is 6.07 Å². The number of amides is 1. The van der Waals surface area contributed by atoms with Crippen molar-refractivity contribution in [2.24, 2.45) is 0 Å². The first kappa shape index (κ1) is 14.5. The minimum Gasteiger partial charge on any atom is -0.398 e. The van der Waals surface area contributed by atoms with E-state index in [9.17, 15) is 13.6 Å². The van der Waals surface area contributed by atoms with Gasteiger partial charge in [0.2, 0.25) is 0 Å². The second-order valence-corrected chi connectivity index (χ2v) is 5.08. The quantitative estimate of drug-likeness (QED) is 0.815. The molecule has 20 heavy (non-hydrogen) atoms. The lowest BCUT2D eigenvalue weighted by atomic mass is 10.1. The number of hydrogen-bond acceptors (Lipinski definition) is 2. The van der Waals surface area contributed by atoms with E-state index in [1.54, 1.807) is 6.07 Å². The van der Waals surface area contributed by atoms with E-state index in [4.69, 9.17) is 5.73 Å². The summed E-state index contributed by atoms with van der Waals surface area (Å²) in [7, 11) is 0. The second-order valence-electron chi connectivity index (χ2n) is 4.22. The van der Waals surface area contributed by atoms with Crippen LogP contribution in [0, 0.1) is 18.6 Å². The highest BCUT2D eigenvalue weighted by Gasteiger charge is 2.14. The zero-order chi connectivity index (χ0) is 14.9. The zero-order valence-corrected chi connectivity index (χ0v) is 12.1. The minimum absolute atomic E-state index is 0.00273. The van der Waals surface area contributed by atoms with Crippen molar-refractivity contribution in [2.45, 2.75) is 6.92 Å². The van der Waals surface area contributed by atoms with Crippen molar-refractivity contribution in [3.05, 3.63) is 57.6 Å². The van der Waals surface area contributed by atoms with E-state index >= 15 is 0 Å². The Morgan fingerprint density at radius 3 is 2.55 bits per heavy atom. The maximum absolute atomic E-state index is 13.6. The number of nitrogen functional groups attached to an aromatic ring is 1. The van der Waals surface area contributed by atoms with Crippen LogP contribution in [0.15, 0.2) is 34.8 Å². The van der Waals surface area contributed by atoms with Crippen molar-refractivity contribution in [3.8, 4) is 0 Å². The van der Waals surface area contributed by atoms with E-state index in [1.807, 2.05) is 0 Å². The van der Waals surface area contributed by atoms with Crippen LogP contribution in [0.5, 0.6) is 0 Å². The normalized spacial score (nSPS) is 10.4. The molecule has 104 valence electrons. The number of nitrogens with one attached hydrogen (secondary N) is 1. The number of hydrogen-bond donors (Lipinski definition) is 2. The smallest absolute Gasteiger partial charge is 0.255 e. The highest BCUT2D eigenvalue weighted by Crippen LogP contribution is 2.26. The Bertz CT molecular complexity index is 646. The van der Waals surface area contributed by atoms with Gasteiger partial charge in [-0.15, -0.1) is 0 Å². The third-order valence-electron chi connectivity index (χ3n) is 2.85. The summed E-state index contributed by atoms with van der Waals surface area (Å²) in [4.78, 5) is 12.0. The van der Waals surface area contributed by atoms with E-state index < -0.39 is 17.5 Å². The molecule has 0 aliphatic heterocycles. The Morgan fingerprint density at radius 1 is 1.25 bits per heavy atom. The lowest BCUT2D eigenvalue weighted by Crippen LogP contribution is -2.14. The molecule has 0 aliphatic rings. The number of carbonyl (C=O) groups excluding carboxylic acids is 1. The van der Waals surface area contributed by atoms with Crippen LogP contribution in [-0.4, -0.2) is 5.91 Å². The Kier molecular flexibility index (Phi) is 4.04. The molecule has 2 aromatic carbocycles. The first-order valence-electron chi connectivity index (χ1n) is 5.71. The van der Waals surface area contributed by atoms with Crippen LogP contribution < -0.4 is 11.1 Å². The van der Waals surface area contributed by atoms with Crippen LogP contribution in [0.2, 0.25) is 0 Å². The third-order valence-corrected chi connectivity index (χ3v) is 3.51. The van der Waals surface area contributed by atoms with Gasteiger partial charge in [0.15, 0.2) is 0 Å². The van der Waals surface area contributed by atoms with Crippen LogP contribution in [0.4, 0.5) is 20.2 Å². The summed E-state index contributed by atoms with van der Waals surface area (Å²) < 4.78 is 27.6. The second kappa shape index (κ2) is 5.58. The number of carbonyl (C=O) groups is 1. The highest BCUT2D eigenvalue weighted by molar-refractivity contribution is 9.10. The molecule has 1 amide bonds. The molecule has 0 fully saturated rings. The molecule has 3 N–H and O–H groups in total. The first-order valence-corrected chi connectivity index (χ1v) is 6.50. The van der Waals surface area contributed by atoms with Crippen LogP contribution in [-0.2, 0) is 0 Å². The van der Waals surface area contributed by atoms with Crippen molar-refractivity contribution >= 4 is 33.2 Å². The lowest BCUT2D eigenvalue weighted by molar-refractivity contribution is 0.102. The van der Waals surface area contributed by atoms with Gasteiger partial charge in [-0.3, -0.25) is 4.79 Å². The van der Waals surface area contributed by atoms with Gasteiger partial charge in [0.05, 0.1) is 5.69 Å². The van der Waals surface area contributed by atoms with Crippen molar-refractivity contribution in [3.63, 3.8) is 0 Å². The molecule has 0 saturated heterocycles. The van der Waals surface area contributed by atoms with Crippen molar-refractivity contribution < 1.29 is 13.6 Å². The predicted molar refractivity (Wildman–Crippen MR) is 77.6 cm³/mol. The van der Waals surface area contributed by atoms with Crippen LogP contribution >= 0.6 is 15.9 Å². The van der Waals surface area contributed by atoms with Gasteiger partial charge in [0, 0.05) is 21.3 Å². The summed E-state index contributed by atoms with van der Waals surface area (Å²) in [6.07, 6.45) is 0. The molecule has 0 heterocycles. The average Bonchev–Trinajstić information content (AvgIpc) is 2.39. The number of para-hydroxylation sites is 1. The van der Waals surface area contributed by atoms with Gasteiger partial charge < -0.3 is 11.1 Å². The molecule has 0 spiro atoms. The number of benzene rings is 2. The fourth-order valence-electron chi connectivity index (χ4n) is 1.63. The molecule has 0 radical (unpaired) electrons. The van der Waals surface area contributed by atoms with Gasteiger partial charge in [0.1, 0.15) is 11.6 Å². The average molecular weight is 341 g/mol. The summed E-state index contributed by atoms with van der Waals surface area (Å²) in [6.45, 7) is 1.51. The van der Waals surface area contributed by atoms with Crippen LogP contribution in [0.1, 0.15) is 15.9 Å². The van der Waals surface area contributed by atoms with Crippen LogP contribution in [0.3, 0.4) is 0 Å². The molecular weight excluding hydrogens is 330 g/mol. The molecule has 6 heteroatoms. The minimum atomic E-state index is -0.638. The molecule has 0 bridgehead atoms. The molecule has 0 atom stereocenters. The fraction of sp³-hybridized carbons (Fsp3) is 0.0714. The molecular formula is C14H11BrF2N2O. The van der Waals surface area contributed by atoms with Gasteiger partial charge in [-0.2, -0.15) is 0 Å². The summed E-state index contributed by atoms with van der Waals surface area (Å²) in [5, 5.41) is 2.39. The van der Waals surface area contributed by atoms with Gasteiger partial charge >= 0.3 is 0 Å². The van der Waals surface area contributed by atoms with E-state index in [1.165, 1.54) is 25.1 Å². The molecule has 0 aromatic heterocycles. The summed E-state index contributed by atoms with van der Waals surface area (Å²) in [5.74, 6) is -1.81. The monoisotopic (exact) mass is 340 g/mol. The molecule has 2 aromatic rings. The zero-order valence-electron chi connectivity index (χ0n) is 10.5. The van der Waals surface area contributed by atoms with E-state index in [0.717, 1.165) is 6.07 Å². The SMILES string of the molecule is Cc1c(N)cc(C(=O)Nc2c(F)cccc2Br)cc1F. The molecule has 0 aliphatic carbocycles. The first-order chi connectivity index (χ1) is 9.40. The van der Waals surface area contributed by atoms with Crippen molar-refractivity contribution in [1.82, 2.24) is 0 Å². The van der Waals surface area contributed by atoms with E-state index in [2.05, 4.69) is 21.2 Å². The molecule has 3 nitrogen and oxygen atoms in total. The largest absolute Gasteiger partial charge is 0.398 e. The summed E-state index contributed by atoms with van der Waals surface area (Å²) >= 11 is 3.14. The summed E-state index contributed by atoms with van der Waals surface area (Å²) in [5.41, 5.74) is 6.08. The molecule has 0 unspecified atom stereocenters. The van der Waals surface area contributed by atoms with E-state index in [0.29, 0.717) is 4.47 Å². The molecule has 2 rings (SSSR count). The Hall–Kier alpha value is -1.95. The van der Waals surface area contributed by atoms with Gasteiger partial charge in [-0.25, -0.2) is 8.78 Å². The van der Waals surface area contributed by atoms with Crippen LogP contribution in [0.25, 0.3) is 0 Å². The maximum atomic E-state index is 13.6. The molecule has 0 saturated carbocycles. The Labute approximate surface area is 122 Å². The Morgan fingerprint density at radius 2 is 1.95 bits per heavy atom. The fourth-order valence-corrected chi connectivity index (χ4v) is 2.08. The Balaban J connectivity index is 2.34. The van der Waals surface area contributed by atoms with Gasteiger partial charge in [-0.05, 0) is 47.1 Å². The predicted octanol–water partition coefficient (Wildman–Crippen LogP) is 3.87. The number of anilines is 2.